The van der Waals surface area contributed by atoms with Gasteiger partial charge < -0.3 is 0 Å². The molecule has 0 saturated carbocycles. The molecule has 0 unspecified atom stereocenters. The topological polar surface area (TPSA) is 17.1 Å². The zero-order valence-electron chi connectivity index (χ0n) is 6.55. The SMILES string of the molecule is Bc1ccc2c(c1)CCC2=O. The van der Waals surface area contributed by atoms with E-state index in [0.717, 1.165) is 12.0 Å². The highest BCUT2D eigenvalue weighted by Gasteiger charge is 2.18. The van der Waals surface area contributed by atoms with Crippen molar-refractivity contribution < 1.29 is 4.79 Å². The first-order valence-electron chi connectivity index (χ1n) is 3.90. The maximum atomic E-state index is 11.2. The molecular weight excluding hydrogens is 135 g/mol. The molecule has 0 atom stereocenters. The number of ketones is 1. The maximum Gasteiger partial charge on any atom is 0.163 e. The Morgan fingerprint density at radius 3 is 2.91 bits per heavy atom. The number of aryl methyl sites for hydroxylation is 1. The van der Waals surface area contributed by atoms with Crippen LogP contribution in [0.3, 0.4) is 0 Å². The van der Waals surface area contributed by atoms with Gasteiger partial charge in [0.2, 0.25) is 0 Å². The second-order valence-corrected chi connectivity index (χ2v) is 3.08. The number of hydrogen-bond donors (Lipinski definition) is 0. The maximum absolute atomic E-state index is 11.2. The average Bonchev–Trinajstić information content (AvgIpc) is 2.32. The lowest BCUT2D eigenvalue weighted by Gasteiger charge is -1.97. The first kappa shape index (κ1) is 6.65. The largest absolute Gasteiger partial charge is 0.294 e. The van der Waals surface area contributed by atoms with Gasteiger partial charge in [0.05, 0.1) is 0 Å². The van der Waals surface area contributed by atoms with Crippen LogP contribution in [0.5, 0.6) is 0 Å². The zero-order chi connectivity index (χ0) is 7.84. The van der Waals surface area contributed by atoms with Gasteiger partial charge in [-0.05, 0) is 12.0 Å². The number of carbonyl (C=O) groups excluding carboxylic acids is 1. The van der Waals surface area contributed by atoms with E-state index in [1.54, 1.807) is 0 Å². The molecule has 0 aliphatic heterocycles. The van der Waals surface area contributed by atoms with Crippen molar-refractivity contribution in [2.75, 3.05) is 0 Å². The van der Waals surface area contributed by atoms with Crippen molar-refractivity contribution in [3.63, 3.8) is 0 Å². The summed E-state index contributed by atoms with van der Waals surface area (Å²) in [5.41, 5.74) is 3.42. The summed E-state index contributed by atoms with van der Waals surface area (Å²) in [5, 5.41) is 0. The summed E-state index contributed by atoms with van der Waals surface area (Å²) in [6.45, 7) is 0. The van der Waals surface area contributed by atoms with E-state index in [1.165, 1.54) is 11.0 Å². The molecule has 1 aromatic carbocycles. The Labute approximate surface area is 66.8 Å². The molecule has 11 heavy (non-hydrogen) atoms. The summed E-state index contributed by atoms with van der Waals surface area (Å²) in [4.78, 5) is 11.2. The average molecular weight is 144 g/mol. The molecule has 0 N–H and O–H groups in total. The van der Waals surface area contributed by atoms with Crippen molar-refractivity contribution in [2.45, 2.75) is 12.8 Å². The van der Waals surface area contributed by atoms with Crippen molar-refractivity contribution in [3.05, 3.63) is 29.3 Å². The van der Waals surface area contributed by atoms with Crippen LogP contribution in [0.1, 0.15) is 22.3 Å². The van der Waals surface area contributed by atoms with Gasteiger partial charge in [0.15, 0.2) is 5.78 Å². The van der Waals surface area contributed by atoms with E-state index in [2.05, 4.69) is 13.9 Å². The van der Waals surface area contributed by atoms with Crippen LogP contribution in [0.25, 0.3) is 0 Å². The van der Waals surface area contributed by atoms with E-state index in [-0.39, 0.29) is 0 Å². The Kier molecular flexibility index (Phi) is 1.35. The minimum atomic E-state index is 0.306. The molecule has 2 heteroatoms. The van der Waals surface area contributed by atoms with Crippen molar-refractivity contribution in [1.29, 1.82) is 0 Å². The fraction of sp³-hybridized carbons (Fsp3) is 0.222. The van der Waals surface area contributed by atoms with Crippen LogP contribution in [0, 0.1) is 0 Å². The van der Waals surface area contributed by atoms with Crippen LogP contribution in [-0.4, -0.2) is 13.6 Å². The van der Waals surface area contributed by atoms with E-state index in [9.17, 15) is 4.79 Å². The second-order valence-electron chi connectivity index (χ2n) is 3.08. The van der Waals surface area contributed by atoms with Crippen molar-refractivity contribution in [3.8, 4) is 0 Å². The minimum absolute atomic E-state index is 0.306. The number of carbonyl (C=O) groups is 1. The predicted molar refractivity (Wildman–Crippen MR) is 47.3 cm³/mol. The molecule has 0 amide bonds. The Morgan fingerprint density at radius 2 is 2.09 bits per heavy atom. The lowest BCUT2D eigenvalue weighted by atomic mass is 9.93. The van der Waals surface area contributed by atoms with Gasteiger partial charge in [0.1, 0.15) is 7.85 Å². The molecule has 0 aromatic heterocycles. The number of benzene rings is 1. The highest BCUT2D eigenvalue weighted by molar-refractivity contribution is 6.32. The molecule has 2 rings (SSSR count). The Hall–Kier alpha value is -1.05. The van der Waals surface area contributed by atoms with E-state index in [1.807, 2.05) is 12.1 Å². The van der Waals surface area contributed by atoms with E-state index in [0.29, 0.717) is 12.2 Å². The molecule has 0 saturated heterocycles. The van der Waals surface area contributed by atoms with Crippen molar-refractivity contribution in [2.24, 2.45) is 0 Å². The summed E-state index contributed by atoms with van der Waals surface area (Å²) < 4.78 is 0. The van der Waals surface area contributed by atoms with Gasteiger partial charge in [0, 0.05) is 12.0 Å². The lowest BCUT2D eigenvalue weighted by molar-refractivity contribution is 0.0994. The van der Waals surface area contributed by atoms with Gasteiger partial charge in [-0.3, -0.25) is 4.79 Å². The fourth-order valence-corrected chi connectivity index (χ4v) is 1.58. The molecular formula is C9H9BO. The molecule has 0 bridgehead atoms. The quantitative estimate of drug-likeness (QED) is 0.471. The van der Waals surface area contributed by atoms with Crippen LogP contribution in [0.2, 0.25) is 0 Å². The van der Waals surface area contributed by atoms with Crippen LogP contribution >= 0.6 is 0 Å². The van der Waals surface area contributed by atoms with E-state index >= 15 is 0 Å². The molecule has 0 fully saturated rings. The molecule has 54 valence electrons. The van der Waals surface area contributed by atoms with E-state index < -0.39 is 0 Å². The van der Waals surface area contributed by atoms with Crippen molar-refractivity contribution in [1.82, 2.24) is 0 Å². The first-order chi connectivity index (χ1) is 5.27. The molecule has 0 spiro atoms. The summed E-state index contributed by atoms with van der Waals surface area (Å²) in [6.07, 6.45) is 1.65. The normalized spacial score (nSPS) is 15.1. The van der Waals surface area contributed by atoms with Gasteiger partial charge in [-0.15, -0.1) is 0 Å². The minimum Gasteiger partial charge on any atom is -0.294 e. The monoisotopic (exact) mass is 144 g/mol. The summed E-state index contributed by atoms with van der Waals surface area (Å²) >= 11 is 0. The Morgan fingerprint density at radius 1 is 1.27 bits per heavy atom. The molecule has 0 radical (unpaired) electrons. The predicted octanol–water partition coefficient (Wildman–Crippen LogP) is 0.0739. The lowest BCUT2D eigenvalue weighted by Crippen LogP contribution is -2.03. The molecule has 1 aliphatic carbocycles. The molecule has 1 nitrogen and oxygen atoms in total. The van der Waals surface area contributed by atoms with Crippen LogP contribution < -0.4 is 5.46 Å². The second kappa shape index (κ2) is 2.23. The third-order valence-electron chi connectivity index (χ3n) is 2.18. The third kappa shape index (κ3) is 0.986. The summed E-state index contributed by atoms with van der Waals surface area (Å²) in [7, 11) is 2.06. The summed E-state index contributed by atoms with van der Waals surface area (Å²) in [5.74, 6) is 0.306. The van der Waals surface area contributed by atoms with Gasteiger partial charge >= 0.3 is 0 Å². The van der Waals surface area contributed by atoms with Gasteiger partial charge in [-0.25, -0.2) is 0 Å². The zero-order valence-corrected chi connectivity index (χ0v) is 6.55. The number of hydrogen-bond acceptors (Lipinski definition) is 1. The highest BCUT2D eigenvalue weighted by Crippen LogP contribution is 2.19. The van der Waals surface area contributed by atoms with Crippen LogP contribution in [-0.2, 0) is 6.42 Å². The van der Waals surface area contributed by atoms with Gasteiger partial charge in [0.25, 0.3) is 0 Å². The molecule has 1 aromatic rings. The van der Waals surface area contributed by atoms with Crippen LogP contribution in [0.4, 0.5) is 0 Å². The highest BCUT2D eigenvalue weighted by atomic mass is 16.1. The van der Waals surface area contributed by atoms with Gasteiger partial charge in [-0.2, -0.15) is 0 Å². The Balaban J connectivity index is 2.59. The molecule has 0 heterocycles. The number of fused-ring (bicyclic) bond motifs is 1. The number of Topliss-reactive ketones (excluding diaryl/α,β-unsaturated/α-hetero) is 1. The smallest absolute Gasteiger partial charge is 0.163 e. The van der Waals surface area contributed by atoms with Crippen LogP contribution in [0.15, 0.2) is 18.2 Å². The summed E-state index contributed by atoms with van der Waals surface area (Å²) in [6, 6.07) is 6.06. The Bertz CT molecular complexity index is 317. The van der Waals surface area contributed by atoms with Gasteiger partial charge in [-0.1, -0.05) is 23.7 Å². The number of rotatable bonds is 0. The van der Waals surface area contributed by atoms with E-state index in [4.69, 9.17) is 0 Å². The third-order valence-corrected chi connectivity index (χ3v) is 2.18. The molecule has 1 aliphatic rings. The van der Waals surface area contributed by atoms with Crippen molar-refractivity contribution >= 4 is 19.1 Å². The standard InChI is InChI=1S/C9H9BO/c10-7-2-3-8-6(5-7)1-4-9(8)11/h2-3,5H,1,4,10H2. The first-order valence-corrected chi connectivity index (χ1v) is 3.90. The fourth-order valence-electron chi connectivity index (χ4n) is 1.58.